The van der Waals surface area contributed by atoms with Crippen molar-refractivity contribution >= 4 is 17.4 Å². The van der Waals surface area contributed by atoms with E-state index in [1.165, 1.54) is 11.1 Å². The van der Waals surface area contributed by atoms with E-state index >= 15 is 0 Å². The average molecular weight is 373 g/mol. The number of ketones is 1. The minimum Gasteiger partial charge on any atom is -0.388 e. The van der Waals surface area contributed by atoms with E-state index in [-0.39, 0.29) is 5.91 Å². The molecule has 0 unspecified atom stereocenters. The van der Waals surface area contributed by atoms with Crippen LogP contribution in [0.1, 0.15) is 38.3 Å². The standard InChI is InChI=1S/C24H23NO3/c26-17-23(27)21-11-4-5-12-22(21)25-24(28)20-15-13-19(14-16-20)10-6-9-18-7-2-1-3-8-18/h1-5,7-8,11-16,26H,6,9-10,17H2,(H,25,28). The fraction of sp³-hybridized carbons (Fsp3) is 0.167. The van der Waals surface area contributed by atoms with E-state index < -0.39 is 12.4 Å². The van der Waals surface area contributed by atoms with Gasteiger partial charge in [0, 0.05) is 11.1 Å². The number of anilines is 1. The molecule has 0 aliphatic carbocycles. The van der Waals surface area contributed by atoms with Gasteiger partial charge in [0.25, 0.3) is 5.91 Å². The molecule has 0 spiro atoms. The summed E-state index contributed by atoms with van der Waals surface area (Å²) in [5.41, 5.74) is 3.74. The van der Waals surface area contributed by atoms with E-state index in [0.29, 0.717) is 16.8 Å². The summed E-state index contributed by atoms with van der Waals surface area (Å²) in [4.78, 5) is 24.3. The number of carbonyl (C=O) groups excluding carboxylic acids is 2. The Morgan fingerprint density at radius 1 is 0.750 bits per heavy atom. The third-order valence-corrected chi connectivity index (χ3v) is 4.61. The highest BCUT2D eigenvalue weighted by atomic mass is 16.3. The third kappa shape index (κ3) is 5.15. The monoisotopic (exact) mass is 373 g/mol. The van der Waals surface area contributed by atoms with Crippen molar-refractivity contribution in [2.45, 2.75) is 19.3 Å². The van der Waals surface area contributed by atoms with Crippen LogP contribution in [-0.2, 0) is 12.8 Å². The van der Waals surface area contributed by atoms with Crippen molar-refractivity contribution < 1.29 is 14.7 Å². The van der Waals surface area contributed by atoms with Gasteiger partial charge in [-0.2, -0.15) is 0 Å². The lowest BCUT2D eigenvalue weighted by Crippen LogP contribution is -2.16. The van der Waals surface area contributed by atoms with Gasteiger partial charge in [0.15, 0.2) is 5.78 Å². The van der Waals surface area contributed by atoms with Crippen molar-refractivity contribution in [1.82, 2.24) is 0 Å². The molecule has 0 heterocycles. The minimum atomic E-state index is -0.593. The number of aliphatic hydroxyl groups is 1. The van der Waals surface area contributed by atoms with Crippen LogP contribution >= 0.6 is 0 Å². The zero-order valence-corrected chi connectivity index (χ0v) is 15.6. The molecule has 2 N–H and O–H groups in total. The largest absolute Gasteiger partial charge is 0.388 e. The van der Waals surface area contributed by atoms with Gasteiger partial charge >= 0.3 is 0 Å². The highest BCUT2D eigenvalue weighted by Crippen LogP contribution is 2.17. The van der Waals surface area contributed by atoms with Gasteiger partial charge in [-0.25, -0.2) is 0 Å². The van der Waals surface area contributed by atoms with Crippen molar-refractivity contribution in [3.05, 3.63) is 101 Å². The maximum Gasteiger partial charge on any atom is 0.255 e. The summed E-state index contributed by atoms with van der Waals surface area (Å²) in [6.45, 7) is -0.593. The Balaban J connectivity index is 1.59. The summed E-state index contributed by atoms with van der Waals surface area (Å²) in [5.74, 6) is -0.710. The fourth-order valence-corrected chi connectivity index (χ4v) is 3.08. The molecule has 142 valence electrons. The first-order chi connectivity index (χ1) is 13.7. The zero-order valence-electron chi connectivity index (χ0n) is 15.6. The van der Waals surface area contributed by atoms with Crippen LogP contribution in [-0.4, -0.2) is 23.4 Å². The molecule has 4 nitrogen and oxygen atoms in total. The van der Waals surface area contributed by atoms with E-state index in [0.717, 1.165) is 19.3 Å². The predicted octanol–water partition coefficient (Wildman–Crippen LogP) is 4.29. The van der Waals surface area contributed by atoms with Crippen LogP contribution in [0.4, 0.5) is 5.69 Å². The van der Waals surface area contributed by atoms with Gasteiger partial charge in [-0.15, -0.1) is 0 Å². The second-order valence-corrected chi connectivity index (χ2v) is 6.62. The summed E-state index contributed by atoms with van der Waals surface area (Å²) in [7, 11) is 0. The average Bonchev–Trinajstić information content (AvgIpc) is 2.75. The van der Waals surface area contributed by atoms with Gasteiger partial charge in [-0.3, -0.25) is 9.59 Å². The molecule has 0 fully saturated rings. The normalized spacial score (nSPS) is 10.5. The number of benzene rings is 3. The highest BCUT2D eigenvalue weighted by Gasteiger charge is 2.13. The molecule has 3 aromatic rings. The van der Waals surface area contributed by atoms with Crippen LogP contribution in [0.15, 0.2) is 78.9 Å². The lowest BCUT2D eigenvalue weighted by Gasteiger charge is -2.10. The lowest BCUT2D eigenvalue weighted by molar-refractivity contribution is 0.0904. The smallest absolute Gasteiger partial charge is 0.255 e. The first-order valence-corrected chi connectivity index (χ1v) is 9.34. The number of aryl methyl sites for hydroxylation is 2. The maximum absolute atomic E-state index is 12.5. The van der Waals surface area contributed by atoms with Crippen molar-refractivity contribution in [1.29, 1.82) is 0 Å². The Morgan fingerprint density at radius 2 is 1.36 bits per heavy atom. The van der Waals surface area contributed by atoms with Gasteiger partial charge in [-0.1, -0.05) is 54.6 Å². The molecule has 3 rings (SSSR count). The van der Waals surface area contributed by atoms with Gasteiger partial charge < -0.3 is 10.4 Å². The van der Waals surface area contributed by atoms with Crippen molar-refractivity contribution in [2.24, 2.45) is 0 Å². The predicted molar refractivity (Wildman–Crippen MR) is 111 cm³/mol. The number of aliphatic hydroxyl groups excluding tert-OH is 1. The number of Topliss-reactive ketones (excluding diaryl/α,β-unsaturated/α-hetero) is 1. The quantitative estimate of drug-likeness (QED) is 0.579. The van der Waals surface area contributed by atoms with E-state index in [9.17, 15) is 9.59 Å². The third-order valence-electron chi connectivity index (χ3n) is 4.61. The maximum atomic E-state index is 12.5. The van der Waals surface area contributed by atoms with Gasteiger partial charge in [0.1, 0.15) is 6.61 Å². The van der Waals surface area contributed by atoms with Crippen LogP contribution in [0, 0.1) is 0 Å². The van der Waals surface area contributed by atoms with Crippen molar-refractivity contribution in [2.75, 3.05) is 11.9 Å². The number of nitrogens with one attached hydrogen (secondary N) is 1. The highest BCUT2D eigenvalue weighted by molar-refractivity contribution is 6.09. The molecular weight excluding hydrogens is 350 g/mol. The summed E-state index contributed by atoms with van der Waals surface area (Å²) < 4.78 is 0. The Labute approximate surface area is 164 Å². The Morgan fingerprint density at radius 3 is 2.04 bits per heavy atom. The number of para-hydroxylation sites is 1. The summed E-state index contributed by atoms with van der Waals surface area (Å²) in [6, 6.07) is 24.6. The Hall–Kier alpha value is -3.24. The van der Waals surface area contributed by atoms with Crippen LogP contribution in [0.3, 0.4) is 0 Å². The summed E-state index contributed by atoms with van der Waals surface area (Å²) in [6.07, 6.45) is 3.02. The van der Waals surface area contributed by atoms with Gasteiger partial charge in [0.05, 0.1) is 5.69 Å². The molecule has 0 radical (unpaired) electrons. The molecule has 0 atom stereocenters. The molecular formula is C24H23NO3. The minimum absolute atomic E-state index is 0.283. The number of rotatable bonds is 8. The van der Waals surface area contributed by atoms with Gasteiger partial charge in [-0.05, 0) is 54.7 Å². The van der Waals surface area contributed by atoms with Crippen LogP contribution in [0.2, 0.25) is 0 Å². The summed E-state index contributed by atoms with van der Waals surface area (Å²) in [5, 5.41) is 11.8. The van der Waals surface area contributed by atoms with E-state index in [1.54, 1.807) is 36.4 Å². The van der Waals surface area contributed by atoms with E-state index in [2.05, 4.69) is 29.6 Å². The lowest BCUT2D eigenvalue weighted by atomic mass is 10.0. The zero-order chi connectivity index (χ0) is 19.8. The molecule has 0 aliphatic heterocycles. The first kappa shape index (κ1) is 19.5. The molecule has 0 aliphatic rings. The van der Waals surface area contributed by atoms with Crippen LogP contribution in [0.5, 0.6) is 0 Å². The Bertz CT molecular complexity index is 934. The number of hydrogen-bond acceptors (Lipinski definition) is 3. The summed E-state index contributed by atoms with van der Waals surface area (Å²) >= 11 is 0. The van der Waals surface area contributed by atoms with Gasteiger partial charge in [0.2, 0.25) is 0 Å². The molecule has 0 bridgehead atoms. The van der Waals surface area contributed by atoms with Crippen molar-refractivity contribution in [3.63, 3.8) is 0 Å². The van der Waals surface area contributed by atoms with Crippen LogP contribution in [0.25, 0.3) is 0 Å². The Kier molecular flexibility index (Phi) is 6.71. The molecule has 4 heteroatoms. The van der Waals surface area contributed by atoms with Crippen molar-refractivity contribution in [3.8, 4) is 0 Å². The molecule has 1 amide bonds. The molecule has 28 heavy (non-hydrogen) atoms. The number of hydrogen-bond donors (Lipinski definition) is 2. The second kappa shape index (κ2) is 9.62. The van der Waals surface area contributed by atoms with E-state index in [4.69, 9.17) is 5.11 Å². The fourth-order valence-electron chi connectivity index (χ4n) is 3.08. The molecule has 0 aromatic heterocycles. The first-order valence-electron chi connectivity index (χ1n) is 9.34. The SMILES string of the molecule is O=C(Nc1ccccc1C(=O)CO)c1ccc(CCCc2ccccc2)cc1. The van der Waals surface area contributed by atoms with E-state index in [1.807, 2.05) is 18.2 Å². The molecule has 3 aromatic carbocycles. The topological polar surface area (TPSA) is 66.4 Å². The number of amides is 1. The molecule has 0 saturated carbocycles. The van der Waals surface area contributed by atoms with Crippen LogP contribution < -0.4 is 5.32 Å². The second-order valence-electron chi connectivity index (χ2n) is 6.62. The molecule has 0 saturated heterocycles. The number of carbonyl (C=O) groups is 2.